The quantitative estimate of drug-likeness (QED) is 0.526. The number of aromatic carboxylic acids is 1. The molecule has 0 saturated heterocycles. The number of nitrogens with one attached hydrogen (secondary N) is 1. The number of carbonyl (C=O) groups is 3. The Bertz CT molecular complexity index is 798. The highest BCUT2D eigenvalue weighted by molar-refractivity contribution is 6.01. The fourth-order valence-corrected chi connectivity index (χ4v) is 2.13. The van der Waals surface area contributed by atoms with Crippen LogP contribution in [0.1, 0.15) is 33.6 Å². The summed E-state index contributed by atoms with van der Waals surface area (Å²) < 4.78 is 5.01. The second kappa shape index (κ2) is 7.96. The fraction of sp³-hybridized carbons (Fsp3) is 0.167. The molecule has 25 heavy (non-hydrogen) atoms. The molecule has 2 rings (SSSR count). The molecular formula is C18H17NO6. The zero-order chi connectivity index (χ0) is 18.4. The molecule has 0 radical (unpaired) electrons. The van der Waals surface area contributed by atoms with E-state index in [9.17, 15) is 19.5 Å². The minimum absolute atomic E-state index is 0.0122. The van der Waals surface area contributed by atoms with Crippen LogP contribution >= 0.6 is 0 Å². The largest absolute Gasteiger partial charge is 0.506 e. The van der Waals surface area contributed by atoms with Crippen LogP contribution < -0.4 is 10.1 Å². The normalized spacial score (nSPS) is 10.1. The van der Waals surface area contributed by atoms with Crippen LogP contribution in [0.4, 0.5) is 5.69 Å². The number of rotatable bonds is 7. The number of ketones is 1. The number of hydrogen-bond acceptors (Lipinski definition) is 5. The molecule has 1 amide bonds. The van der Waals surface area contributed by atoms with E-state index in [1.165, 1.54) is 19.2 Å². The van der Waals surface area contributed by atoms with Gasteiger partial charge in [-0.25, -0.2) is 4.79 Å². The third kappa shape index (κ3) is 4.81. The van der Waals surface area contributed by atoms with E-state index in [2.05, 4.69) is 5.32 Å². The minimum atomic E-state index is -1.18. The first kappa shape index (κ1) is 18.0. The standard InChI is InChI=1S/C18H17NO6/c1-25-13-5-2-11(3-6-13)15(20)8-9-17(22)19-14-10-12(18(23)24)4-7-16(14)21/h2-7,10,21H,8-9H2,1H3,(H,19,22)(H,23,24). The lowest BCUT2D eigenvalue weighted by Gasteiger charge is -2.08. The molecule has 0 unspecified atom stereocenters. The van der Waals surface area contributed by atoms with Crippen molar-refractivity contribution in [2.24, 2.45) is 0 Å². The number of methoxy groups -OCH3 is 1. The minimum Gasteiger partial charge on any atom is -0.506 e. The number of amides is 1. The Morgan fingerprint density at radius 3 is 2.24 bits per heavy atom. The van der Waals surface area contributed by atoms with Crippen molar-refractivity contribution in [3.05, 3.63) is 53.6 Å². The Kier molecular flexibility index (Phi) is 5.73. The van der Waals surface area contributed by atoms with Gasteiger partial charge in [-0.15, -0.1) is 0 Å². The lowest BCUT2D eigenvalue weighted by molar-refractivity contribution is -0.116. The monoisotopic (exact) mass is 343 g/mol. The highest BCUT2D eigenvalue weighted by Crippen LogP contribution is 2.24. The molecule has 2 aromatic carbocycles. The SMILES string of the molecule is COc1ccc(C(=O)CCC(=O)Nc2cc(C(=O)O)ccc2O)cc1. The highest BCUT2D eigenvalue weighted by atomic mass is 16.5. The number of Topliss-reactive ketones (excluding diaryl/α,β-unsaturated/α-hetero) is 1. The van der Waals surface area contributed by atoms with Crippen LogP contribution in [0.3, 0.4) is 0 Å². The lowest BCUT2D eigenvalue weighted by atomic mass is 10.1. The van der Waals surface area contributed by atoms with Gasteiger partial charge in [-0.05, 0) is 42.5 Å². The van der Waals surface area contributed by atoms with Gasteiger partial charge in [-0.1, -0.05) is 0 Å². The first-order valence-corrected chi connectivity index (χ1v) is 7.44. The molecule has 7 heteroatoms. The summed E-state index contributed by atoms with van der Waals surface area (Å²) in [6, 6.07) is 10.1. The summed E-state index contributed by atoms with van der Waals surface area (Å²) in [4.78, 5) is 34.9. The summed E-state index contributed by atoms with van der Waals surface area (Å²) in [5, 5.41) is 21.0. The van der Waals surface area contributed by atoms with Gasteiger partial charge >= 0.3 is 5.97 Å². The highest BCUT2D eigenvalue weighted by Gasteiger charge is 2.13. The molecule has 130 valence electrons. The van der Waals surface area contributed by atoms with Crippen LogP contribution in [-0.4, -0.2) is 35.0 Å². The van der Waals surface area contributed by atoms with E-state index in [0.717, 1.165) is 6.07 Å². The van der Waals surface area contributed by atoms with Gasteiger partial charge in [0.2, 0.25) is 5.91 Å². The van der Waals surface area contributed by atoms with Crippen LogP contribution in [-0.2, 0) is 4.79 Å². The van der Waals surface area contributed by atoms with Crippen molar-refractivity contribution >= 4 is 23.3 Å². The van der Waals surface area contributed by atoms with E-state index in [-0.39, 0.29) is 35.6 Å². The number of carboxylic acids is 1. The van der Waals surface area contributed by atoms with Crippen LogP contribution in [0.2, 0.25) is 0 Å². The van der Waals surface area contributed by atoms with Crippen LogP contribution in [0, 0.1) is 0 Å². The number of anilines is 1. The fourth-order valence-electron chi connectivity index (χ4n) is 2.13. The number of benzene rings is 2. The number of ether oxygens (including phenoxy) is 1. The predicted molar refractivity (Wildman–Crippen MR) is 90.3 cm³/mol. The molecular weight excluding hydrogens is 326 g/mol. The number of hydrogen-bond donors (Lipinski definition) is 3. The van der Waals surface area contributed by atoms with Crippen LogP contribution in [0.25, 0.3) is 0 Å². The van der Waals surface area contributed by atoms with Gasteiger partial charge in [-0.3, -0.25) is 9.59 Å². The van der Waals surface area contributed by atoms with Crippen molar-refractivity contribution in [2.75, 3.05) is 12.4 Å². The zero-order valence-corrected chi connectivity index (χ0v) is 13.5. The van der Waals surface area contributed by atoms with Crippen LogP contribution in [0.15, 0.2) is 42.5 Å². The van der Waals surface area contributed by atoms with Gasteiger partial charge in [-0.2, -0.15) is 0 Å². The van der Waals surface area contributed by atoms with E-state index in [1.807, 2.05) is 0 Å². The van der Waals surface area contributed by atoms with Crippen molar-refractivity contribution in [1.82, 2.24) is 0 Å². The van der Waals surface area contributed by atoms with E-state index in [1.54, 1.807) is 24.3 Å². The van der Waals surface area contributed by atoms with Crippen molar-refractivity contribution in [1.29, 1.82) is 0 Å². The Hall–Kier alpha value is -3.35. The van der Waals surface area contributed by atoms with Gasteiger partial charge < -0.3 is 20.3 Å². The first-order chi connectivity index (χ1) is 11.9. The molecule has 0 fully saturated rings. The second-order valence-electron chi connectivity index (χ2n) is 5.24. The molecule has 0 bridgehead atoms. The number of carboxylic acid groups (broad SMARTS) is 1. The Labute approximate surface area is 143 Å². The topological polar surface area (TPSA) is 113 Å². The third-order valence-electron chi connectivity index (χ3n) is 3.51. The van der Waals surface area contributed by atoms with Crippen LogP contribution in [0.5, 0.6) is 11.5 Å². The summed E-state index contributed by atoms with van der Waals surface area (Å²) in [6.45, 7) is 0. The van der Waals surface area contributed by atoms with Gasteiger partial charge in [0, 0.05) is 18.4 Å². The Morgan fingerprint density at radius 1 is 1.00 bits per heavy atom. The van der Waals surface area contributed by atoms with Gasteiger partial charge in [0.05, 0.1) is 18.4 Å². The molecule has 0 saturated carbocycles. The molecule has 3 N–H and O–H groups in total. The van der Waals surface area contributed by atoms with Gasteiger partial charge in [0.25, 0.3) is 0 Å². The summed E-state index contributed by atoms with van der Waals surface area (Å²) in [6.07, 6.45) is -0.112. The summed E-state index contributed by atoms with van der Waals surface area (Å²) in [5.74, 6) is -1.51. The maximum absolute atomic E-state index is 12.1. The van der Waals surface area contributed by atoms with E-state index in [0.29, 0.717) is 11.3 Å². The van der Waals surface area contributed by atoms with E-state index in [4.69, 9.17) is 9.84 Å². The van der Waals surface area contributed by atoms with Crippen molar-refractivity contribution < 1.29 is 29.3 Å². The Morgan fingerprint density at radius 2 is 1.64 bits per heavy atom. The molecule has 0 aliphatic carbocycles. The lowest BCUT2D eigenvalue weighted by Crippen LogP contribution is -2.14. The zero-order valence-electron chi connectivity index (χ0n) is 13.5. The predicted octanol–water partition coefficient (Wildman–Crippen LogP) is 2.70. The van der Waals surface area contributed by atoms with Crippen molar-refractivity contribution in [2.45, 2.75) is 12.8 Å². The molecule has 0 heterocycles. The summed E-state index contributed by atoms with van der Waals surface area (Å²) in [7, 11) is 1.52. The maximum Gasteiger partial charge on any atom is 0.335 e. The van der Waals surface area contributed by atoms with Gasteiger partial charge in [0.1, 0.15) is 11.5 Å². The summed E-state index contributed by atoms with van der Waals surface area (Å²) in [5.41, 5.74) is 0.383. The molecule has 0 aliphatic heterocycles. The molecule has 7 nitrogen and oxygen atoms in total. The Balaban J connectivity index is 1.95. The number of phenols is 1. The smallest absolute Gasteiger partial charge is 0.335 e. The maximum atomic E-state index is 12.1. The summed E-state index contributed by atoms with van der Waals surface area (Å²) >= 11 is 0. The molecule has 0 atom stereocenters. The third-order valence-corrected chi connectivity index (χ3v) is 3.51. The number of aromatic hydroxyl groups is 1. The molecule has 0 aromatic heterocycles. The average molecular weight is 343 g/mol. The molecule has 0 aliphatic rings. The van der Waals surface area contributed by atoms with Crippen molar-refractivity contribution in [3.63, 3.8) is 0 Å². The van der Waals surface area contributed by atoms with Crippen molar-refractivity contribution in [3.8, 4) is 11.5 Å². The van der Waals surface area contributed by atoms with E-state index < -0.39 is 11.9 Å². The van der Waals surface area contributed by atoms with E-state index >= 15 is 0 Å². The molecule has 2 aromatic rings. The number of phenolic OH excluding ortho intramolecular Hbond substituents is 1. The number of carbonyl (C=O) groups excluding carboxylic acids is 2. The second-order valence-corrected chi connectivity index (χ2v) is 5.24. The first-order valence-electron chi connectivity index (χ1n) is 7.44. The van der Waals surface area contributed by atoms with Gasteiger partial charge in [0.15, 0.2) is 5.78 Å². The average Bonchev–Trinajstić information content (AvgIpc) is 2.61. The molecule has 0 spiro atoms.